The third-order valence-electron chi connectivity index (χ3n) is 5.36. The Hall–Kier alpha value is -1.24. The molecule has 0 aromatic heterocycles. The molecule has 0 aliphatic carbocycles. The molecular weight excluding hydrogens is 370 g/mol. The van der Waals surface area contributed by atoms with Gasteiger partial charge in [-0.15, -0.1) is 11.8 Å². The van der Waals surface area contributed by atoms with Gasteiger partial charge in [0.1, 0.15) is 0 Å². The van der Waals surface area contributed by atoms with Crippen molar-refractivity contribution in [1.29, 1.82) is 0 Å². The second-order valence-corrected chi connectivity index (χ2v) is 8.67. The Bertz CT molecular complexity index is 570. The molecular formula is C22H35N3O2S. The van der Waals surface area contributed by atoms with E-state index in [1.807, 2.05) is 18.8 Å². The number of aliphatic imine (C=N–C) groups is 1. The molecule has 0 radical (unpaired) electrons. The van der Waals surface area contributed by atoms with Crippen molar-refractivity contribution >= 4 is 17.7 Å². The van der Waals surface area contributed by atoms with E-state index in [0.717, 1.165) is 70.2 Å². The van der Waals surface area contributed by atoms with Crippen LogP contribution in [0.4, 0.5) is 0 Å². The number of guanidine groups is 1. The van der Waals surface area contributed by atoms with E-state index < -0.39 is 0 Å². The molecule has 2 aliphatic rings. The van der Waals surface area contributed by atoms with Crippen LogP contribution in [0.25, 0.3) is 0 Å². The minimum Gasteiger partial charge on any atom is -0.376 e. The Morgan fingerprint density at radius 3 is 2.75 bits per heavy atom. The van der Waals surface area contributed by atoms with E-state index in [1.165, 1.54) is 17.7 Å². The number of nitrogens with one attached hydrogen (secondary N) is 1. The number of likely N-dealkylation sites (tertiary alicyclic amines) is 1. The third-order valence-corrected chi connectivity index (χ3v) is 6.46. The summed E-state index contributed by atoms with van der Waals surface area (Å²) in [6, 6.07) is 10.6. The first-order chi connectivity index (χ1) is 13.8. The molecule has 1 atom stereocenters. The van der Waals surface area contributed by atoms with E-state index in [4.69, 9.17) is 9.47 Å². The fourth-order valence-corrected chi connectivity index (χ4v) is 4.60. The van der Waals surface area contributed by atoms with Gasteiger partial charge in [0.25, 0.3) is 0 Å². The molecule has 2 heterocycles. The van der Waals surface area contributed by atoms with Gasteiger partial charge in [-0.05, 0) is 56.4 Å². The molecule has 1 aromatic carbocycles. The number of hydrogen-bond acceptors (Lipinski definition) is 4. The van der Waals surface area contributed by atoms with Gasteiger partial charge in [0, 0.05) is 38.2 Å². The van der Waals surface area contributed by atoms with Crippen LogP contribution in [0, 0.1) is 0 Å². The van der Waals surface area contributed by atoms with E-state index in [9.17, 15) is 0 Å². The zero-order chi connectivity index (χ0) is 19.4. The first-order valence-corrected chi connectivity index (χ1v) is 11.7. The Morgan fingerprint density at radius 2 is 2.04 bits per heavy atom. The molecule has 1 aromatic rings. The molecule has 0 saturated carbocycles. The number of ether oxygens (including phenoxy) is 2. The normalized spacial score (nSPS) is 21.7. The SMILES string of the molecule is CN=C(NCCCSc1ccccc1)N1CCC(OCC2CCCCO2)CC1. The van der Waals surface area contributed by atoms with Gasteiger partial charge in [-0.25, -0.2) is 0 Å². The molecule has 6 heteroatoms. The number of hydrogen-bond donors (Lipinski definition) is 1. The van der Waals surface area contributed by atoms with Crippen LogP contribution in [-0.2, 0) is 9.47 Å². The van der Waals surface area contributed by atoms with E-state index in [0.29, 0.717) is 12.2 Å². The number of nitrogens with zero attached hydrogens (tertiary/aromatic N) is 2. The van der Waals surface area contributed by atoms with Gasteiger partial charge in [-0.1, -0.05) is 18.2 Å². The quantitative estimate of drug-likeness (QED) is 0.309. The topological polar surface area (TPSA) is 46.1 Å². The molecule has 3 rings (SSSR count). The monoisotopic (exact) mass is 405 g/mol. The van der Waals surface area contributed by atoms with Crippen molar-refractivity contribution < 1.29 is 9.47 Å². The van der Waals surface area contributed by atoms with Gasteiger partial charge in [-0.3, -0.25) is 4.99 Å². The predicted octanol–water partition coefficient (Wildman–Crippen LogP) is 3.79. The Labute approximate surface area is 174 Å². The molecule has 0 bridgehead atoms. The molecule has 1 unspecified atom stereocenters. The van der Waals surface area contributed by atoms with Gasteiger partial charge < -0.3 is 19.7 Å². The van der Waals surface area contributed by atoms with E-state index in [2.05, 4.69) is 45.5 Å². The summed E-state index contributed by atoms with van der Waals surface area (Å²) in [5.41, 5.74) is 0. The Kier molecular flexibility index (Phi) is 9.47. The molecule has 2 aliphatic heterocycles. The summed E-state index contributed by atoms with van der Waals surface area (Å²) in [7, 11) is 1.88. The molecule has 28 heavy (non-hydrogen) atoms. The minimum atomic E-state index is 0.315. The smallest absolute Gasteiger partial charge is 0.193 e. The summed E-state index contributed by atoms with van der Waals surface area (Å²) in [6.07, 6.45) is 7.56. The maximum absolute atomic E-state index is 6.12. The number of rotatable bonds is 8. The zero-order valence-electron chi connectivity index (χ0n) is 17.1. The zero-order valence-corrected chi connectivity index (χ0v) is 18.0. The summed E-state index contributed by atoms with van der Waals surface area (Å²) < 4.78 is 11.9. The third kappa shape index (κ3) is 7.30. The van der Waals surface area contributed by atoms with Crippen LogP contribution >= 0.6 is 11.8 Å². The number of thioether (sulfide) groups is 1. The van der Waals surface area contributed by atoms with Crippen molar-refractivity contribution in [2.75, 3.05) is 45.6 Å². The maximum Gasteiger partial charge on any atom is 0.193 e. The molecule has 0 spiro atoms. The highest BCUT2D eigenvalue weighted by molar-refractivity contribution is 7.99. The fraction of sp³-hybridized carbons (Fsp3) is 0.682. The van der Waals surface area contributed by atoms with E-state index in [1.54, 1.807) is 0 Å². The first kappa shape index (κ1) is 21.5. The summed E-state index contributed by atoms with van der Waals surface area (Å²) >= 11 is 1.91. The van der Waals surface area contributed by atoms with E-state index in [-0.39, 0.29) is 0 Å². The number of piperidine rings is 1. The number of benzene rings is 1. The lowest BCUT2D eigenvalue weighted by Crippen LogP contribution is -2.47. The second kappa shape index (κ2) is 12.3. The highest BCUT2D eigenvalue weighted by atomic mass is 32.2. The standard InChI is InChI=1S/C22H35N3O2S/c1-23-22(24-13-7-17-28-21-9-3-2-4-10-21)25-14-11-19(12-15-25)27-18-20-8-5-6-16-26-20/h2-4,9-10,19-20H,5-8,11-18H2,1H3,(H,23,24). The van der Waals surface area contributed by atoms with Gasteiger partial charge in [0.05, 0.1) is 18.8 Å². The van der Waals surface area contributed by atoms with Crippen LogP contribution in [0.15, 0.2) is 40.2 Å². The lowest BCUT2D eigenvalue weighted by atomic mass is 10.1. The fourth-order valence-electron chi connectivity index (χ4n) is 3.73. The molecule has 2 fully saturated rings. The van der Waals surface area contributed by atoms with E-state index >= 15 is 0 Å². The van der Waals surface area contributed by atoms with Crippen LogP contribution in [0.1, 0.15) is 38.5 Å². The van der Waals surface area contributed by atoms with Crippen molar-refractivity contribution in [3.63, 3.8) is 0 Å². The summed E-state index contributed by atoms with van der Waals surface area (Å²) in [6.45, 7) is 4.64. The summed E-state index contributed by atoms with van der Waals surface area (Å²) in [4.78, 5) is 8.18. The van der Waals surface area contributed by atoms with Crippen molar-refractivity contribution in [2.45, 2.75) is 55.6 Å². The molecule has 0 amide bonds. The molecule has 156 valence electrons. The average Bonchev–Trinajstić information content (AvgIpc) is 2.77. The van der Waals surface area contributed by atoms with Crippen LogP contribution in [0.2, 0.25) is 0 Å². The highest BCUT2D eigenvalue weighted by Gasteiger charge is 2.23. The van der Waals surface area contributed by atoms with Gasteiger partial charge in [-0.2, -0.15) is 0 Å². The van der Waals surface area contributed by atoms with Gasteiger partial charge in [0.2, 0.25) is 0 Å². The summed E-state index contributed by atoms with van der Waals surface area (Å²) in [5, 5.41) is 3.53. The van der Waals surface area contributed by atoms with Crippen molar-refractivity contribution in [2.24, 2.45) is 4.99 Å². The van der Waals surface area contributed by atoms with Crippen LogP contribution < -0.4 is 5.32 Å². The lowest BCUT2D eigenvalue weighted by molar-refractivity contribution is -0.0721. The van der Waals surface area contributed by atoms with Crippen molar-refractivity contribution in [3.05, 3.63) is 30.3 Å². The van der Waals surface area contributed by atoms with Crippen LogP contribution in [0.5, 0.6) is 0 Å². The largest absolute Gasteiger partial charge is 0.376 e. The Morgan fingerprint density at radius 1 is 1.21 bits per heavy atom. The van der Waals surface area contributed by atoms with Gasteiger partial charge >= 0.3 is 0 Å². The first-order valence-electron chi connectivity index (χ1n) is 10.7. The molecule has 2 saturated heterocycles. The second-order valence-electron chi connectivity index (χ2n) is 7.50. The van der Waals surface area contributed by atoms with Crippen molar-refractivity contribution in [1.82, 2.24) is 10.2 Å². The molecule has 5 nitrogen and oxygen atoms in total. The van der Waals surface area contributed by atoms with Crippen LogP contribution in [-0.4, -0.2) is 68.7 Å². The summed E-state index contributed by atoms with van der Waals surface area (Å²) in [5.74, 6) is 2.14. The maximum atomic E-state index is 6.12. The lowest BCUT2D eigenvalue weighted by Gasteiger charge is -2.35. The Balaban J connectivity index is 1.27. The highest BCUT2D eigenvalue weighted by Crippen LogP contribution is 2.19. The molecule has 1 N–H and O–H groups in total. The van der Waals surface area contributed by atoms with Gasteiger partial charge in [0.15, 0.2) is 5.96 Å². The minimum absolute atomic E-state index is 0.315. The van der Waals surface area contributed by atoms with Crippen molar-refractivity contribution in [3.8, 4) is 0 Å². The average molecular weight is 406 g/mol. The predicted molar refractivity (Wildman–Crippen MR) is 117 cm³/mol. The van der Waals surface area contributed by atoms with Crippen LogP contribution in [0.3, 0.4) is 0 Å².